The van der Waals surface area contributed by atoms with Crippen LogP contribution in [-0.4, -0.2) is 71.6 Å². The van der Waals surface area contributed by atoms with Crippen LogP contribution in [0.4, 0.5) is 0 Å². The summed E-state index contributed by atoms with van der Waals surface area (Å²) in [6, 6.07) is 0. The van der Waals surface area contributed by atoms with Crippen molar-refractivity contribution in [3.8, 4) is 11.8 Å². The fourth-order valence-corrected chi connectivity index (χ4v) is 11.9. The number of ketones is 2. The summed E-state index contributed by atoms with van der Waals surface area (Å²) < 4.78 is 5.74. The van der Waals surface area contributed by atoms with Crippen molar-refractivity contribution in [2.45, 2.75) is 167 Å². The van der Waals surface area contributed by atoms with Gasteiger partial charge in [0, 0.05) is 37.9 Å². The second-order valence-corrected chi connectivity index (χ2v) is 18.0. The lowest BCUT2D eigenvalue weighted by atomic mass is 9.62. The molecule has 8 nitrogen and oxygen atoms in total. The van der Waals surface area contributed by atoms with E-state index in [1.165, 1.54) is 19.3 Å². The normalized spacial score (nSPS) is 40.2. The molecule has 1 saturated heterocycles. The predicted molar refractivity (Wildman–Crippen MR) is 206 cm³/mol. The molecule has 0 radical (unpaired) electrons. The average Bonchev–Trinajstić information content (AvgIpc) is 3.29. The lowest BCUT2D eigenvalue weighted by Gasteiger charge is -2.44. The number of hydrogen-bond donors (Lipinski definition) is 5. The van der Waals surface area contributed by atoms with Gasteiger partial charge in [0.05, 0.1) is 18.4 Å². The largest absolute Gasteiger partial charge is 0.396 e. The molecule has 0 aromatic carbocycles. The molecule has 14 atom stereocenters. The first-order valence-electron chi connectivity index (χ1n) is 21.7. The Hall–Kier alpha value is -1.34. The fourth-order valence-electron chi connectivity index (χ4n) is 11.9. The number of aliphatic hydroxyl groups is 3. The maximum atomic E-state index is 14.9. The van der Waals surface area contributed by atoms with Crippen molar-refractivity contribution in [1.82, 2.24) is 5.32 Å². The topological polar surface area (TPSA) is 142 Å². The quantitative estimate of drug-likeness (QED) is 0.0882. The van der Waals surface area contributed by atoms with E-state index in [0.29, 0.717) is 37.0 Å². The SMILES string of the molecule is CCCCC[C@H]1[C@H]([C@H](CO)CCC)C[C@@H](CC2CCNC(N)C2)C[C@@H]2C#C[C@@H](C3CCCCC3)C3CC(O)C(OC)CC3CCC(=O)[C@@H](O)C(=O)[C@@H]12. The Morgan fingerprint density at radius 1 is 0.904 bits per heavy atom. The number of piperidine rings is 1. The molecule has 0 amide bonds. The van der Waals surface area contributed by atoms with Gasteiger partial charge in [0.15, 0.2) is 17.7 Å². The molecule has 0 bridgehead atoms. The summed E-state index contributed by atoms with van der Waals surface area (Å²) in [5.74, 6) is 8.05. The molecule has 1 heterocycles. The smallest absolute Gasteiger partial charge is 0.173 e. The van der Waals surface area contributed by atoms with Crippen LogP contribution in [0.15, 0.2) is 0 Å². The van der Waals surface area contributed by atoms with Crippen LogP contribution in [0.5, 0.6) is 0 Å². The lowest BCUT2D eigenvalue weighted by Crippen LogP contribution is -2.46. The summed E-state index contributed by atoms with van der Waals surface area (Å²) in [5, 5.41) is 37.3. The van der Waals surface area contributed by atoms with Crippen LogP contribution in [0.1, 0.15) is 142 Å². The minimum atomic E-state index is -1.65. The number of rotatable bonds is 12. The minimum absolute atomic E-state index is 0.00300. The molecule has 0 aromatic heterocycles. The van der Waals surface area contributed by atoms with Gasteiger partial charge in [-0.25, -0.2) is 0 Å². The molecule has 8 heteroatoms. The second kappa shape index (κ2) is 20.5. The number of nitrogens with one attached hydrogen (secondary N) is 1. The molecule has 5 aliphatic rings. The number of carbonyl (C=O) groups is 2. The number of aliphatic hydroxyl groups excluding tert-OH is 3. The maximum absolute atomic E-state index is 14.9. The second-order valence-electron chi connectivity index (χ2n) is 18.0. The molecule has 52 heavy (non-hydrogen) atoms. The van der Waals surface area contributed by atoms with Crippen LogP contribution in [-0.2, 0) is 14.3 Å². The Bertz CT molecular complexity index is 1180. The Morgan fingerprint density at radius 2 is 1.69 bits per heavy atom. The summed E-state index contributed by atoms with van der Waals surface area (Å²) in [6.45, 7) is 5.37. The molecule has 296 valence electrons. The van der Waals surface area contributed by atoms with Gasteiger partial charge in [-0.15, -0.1) is 0 Å². The molecular formula is C44H74N2O6. The van der Waals surface area contributed by atoms with E-state index in [9.17, 15) is 24.9 Å². The van der Waals surface area contributed by atoms with E-state index >= 15 is 0 Å². The van der Waals surface area contributed by atoms with Gasteiger partial charge in [0.25, 0.3) is 0 Å². The predicted octanol–water partition coefficient (Wildman–Crippen LogP) is 6.42. The van der Waals surface area contributed by atoms with E-state index in [2.05, 4.69) is 31.0 Å². The number of ether oxygens (including phenoxy) is 1. The molecule has 3 saturated carbocycles. The van der Waals surface area contributed by atoms with Gasteiger partial charge in [-0.1, -0.05) is 70.6 Å². The summed E-state index contributed by atoms with van der Waals surface area (Å²) in [5.41, 5.74) is 6.41. The average molecular weight is 727 g/mol. The van der Waals surface area contributed by atoms with Crippen LogP contribution >= 0.6 is 0 Å². The van der Waals surface area contributed by atoms with Crippen molar-refractivity contribution in [2.24, 2.45) is 70.8 Å². The standard InChI is InChI=1S/C44H74N2O6/c1-4-6-8-14-35-36(33(27-47)11-5-2)23-29(21-28-19-20-46-41(45)24-28)22-32-15-17-34(30-12-9-7-10-13-30)37-26-39(49)40(52-3)25-31(37)16-18-38(48)43(50)44(51)42(32)35/h28-37,39-43,46-47,49-50H,4-14,16,18-27,45H2,1-3H3/t28?,29-,31?,32-,33-,34-,35-,36-,37?,39?,40?,41?,42+,43+/m0/s1. The molecule has 4 fully saturated rings. The zero-order valence-corrected chi connectivity index (χ0v) is 32.9. The zero-order chi connectivity index (χ0) is 37.2. The molecule has 5 rings (SSSR count). The molecule has 1 aliphatic heterocycles. The van der Waals surface area contributed by atoms with Gasteiger partial charge in [0.2, 0.25) is 0 Å². The number of unbranched alkanes of at least 4 members (excludes halogenated alkanes) is 2. The number of carbonyl (C=O) groups excluding carboxylic acids is 2. The minimum Gasteiger partial charge on any atom is -0.396 e. The molecular weight excluding hydrogens is 652 g/mol. The fraction of sp³-hybridized carbons (Fsp3) is 0.909. The summed E-state index contributed by atoms with van der Waals surface area (Å²) in [4.78, 5) is 28.8. The first kappa shape index (κ1) is 41.8. The summed E-state index contributed by atoms with van der Waals surface area (Å²) in [6.07, 6.45) is 16.0. The van der Waals surface area contributed by atoms with Crippen molar-refractivity contribution in [3.63, 3.8) is 0 Å². The van der Waals surface area contributed by atoms with E-state index in [-0.39, 0.29) is 78.3 Å². The number of fused-ring (bicyclic) bond motifs is 2. The number of hydrogen-bond acceptors (Lipinski definition) is 8. The number of methoxy groups -OCH3 is 1. The Balaban J connectivity index is 1.63. The van der Waals surface area contributed by atoms with Crippen LogP contribution in [0, 0.1) is 76.9 Å². The van der Waals surface area contributed by atoms with E-state index in [0.717, 1.165) is 90.0 Å². The molecule has 0 aromatic rings. The van der Waals surface area contributed by atoms with Gasteiger partial charge < -0.3 is 31.1 Å². The van der Waals surface area contributed by atoms with Crippen molar-refractivity contribution < 1.29 is 29.6 Å². The van der Waals surface area contributed by atoms with Crippen molar-refractivity contribution in [1.29, 1.82) is 0 Å². The number of Topliss-reactive ketones (excluding diaryl/α,β-unsaturated/α-hetero) is 2. The Labute approximate surface area is 315 Å². The van der Waals surface area contributed by atoms with Crippen LogP contribution in [0.2, 0.25) is 0 Å². The zero-order valence-electron chi connectivity index (χ0n) is 32.9. The van der Waals surface area contributed by atoms with Crippen LogP contribution in [0.3, 0.4) is 0 Å². The van der Waals surface area contributed by atoms with Gasteiger partial charge in [-0.3, -0.25) is 9.59 Å². The highest BCUT2D eigenvalue weighted by Gasteiger charge is 2.49. The highest BCUT2D eigenvalue weighted by atomic mass is 16.5. The Morgan fingerprint density at radius 3 is 2.38 bits per heavy atom. The monoisotopic (exact) mass is 727 g/mol. The van der Waals surface area contributed by atoms with Gasteiger partial charge in [-0.05, 0) is 131 Å². The molecule has 6 N–H and O–H groups in total. The maximum Gasteiger partial charge on any atom is 0.173 e. The van der Waals surface area contributed by atoms with E-state index < -0.39 is 18.1 Å². The molecule has 6 unspecified atom stereocenters. The third-order valence-corrected chi connectivity index (χ3v) is 14.6. The molecule has 0 spiro atoms. The van der Waals surface area contributed by atoms with Crippen molar-refractivity contribution in [3.05, 3.63) is 0 Å². The van der Waals surface area contributed by atoms with Crippen molar-refractivity contribution in [2.75, 3.05) is 20.3 Å². The third kappa shape index (κ3) is 10.5. The van der Waals surface area contributed by atoms with Gasteiger partial charge >= 0.3 is 0 Å². The van der Waals surface area contributed by atoms with Gasteiger partial charge in [0.1, 0.15) is 0 Å². The first-order valence-corrected chi connectivity index (χ1v) is 21.7. The summed E-state index contributed by atoms with van der Waals surface area (Å²) >= 11 is 0. The van der Waals surface area contributed by atoms with E-state index in [1.54, 1.807) is 7.11 Å². The van der Waals surface area contributed by atoms with Gasteiger partial charge in [-0.2, -0.15) is 0 Å². The first-order chi connectivity index (χ1) is 25.2. The van der Waals surface area contributed by atoms with Crippen molar-refractivity contribution >= 4 is 11.6 Å². The van der Waals surface area contributed by atoms with Crippen LogP contribution in [0.25, 0.3) is 0 Å². The highest BCUT2D eigenvalue weighted by Crippen LogP contribution is 2.50. The van der Waals surface area contributed by atoms with Crippen LogP contribution < -0.4 is 11.1 Å². The summed E-state index contributed by atoms with van der Waals surface area (Å²) in [7, 11) is 1.65. The van der Waals surface area contributed by atoms with E-state index in [1.807, 2.05) is 0 Å². The third-order valence-electron chi connectivity index (χ3n) is 14.6. The Kier molecular flexibility index (Phi) is 16.5. The molecule has 4 aliphatic carbocycles. The lowest BCUT2D eigenvalue weighted by molar-refractivity contribution is -0.144. The number of nitrogens with two attached hydrogens (primary N) is 1. The highest BCUT2D eigenvalue weighted by molar-refractivity contribution is 6.06. The van der Waals surface area contributed by atoms with E-state index in [4.69, 9.17) is 10.5 Å².